The maximum atomic E-state index is 10.3. The van der Waals surface area contributed by atoms with E-state index in [0.29, 0.717) is 0 Å². The Kier molecular flexibility index (Phi) is 3.38. The van der Waals surface area contributed by atoms with Gasteiger partial charge in [0.05, 0.1) is 6.26 Å². The monoisotopic (exact) mass is 166 g/mol. The third kappa shape index (κ3) is 2.84. The Balaban J connectivity index is 4.22. The molecule has 0 aromatic carbocycles. The molecule has 1 N–H and O–H groups in total. The van der Waals surface area contributed by atoms with Gasteiger partial charge in [-0.1, -0.05) is 13.5 Å². The third-order valence-corrected chi connectivity index (χ3v) is 2.02. The fourth-order valence-corrected chi connectivity index (χ4v) is 1.12. The fraction of sp³-hybridized carbons (Fsp3) is 0.600. The molecular formula is C5H10O4S. The van der Waals surface area contributed by atoms with Crippen LogP contribution in [0.15, 0.2) is 12.8 Å². The van der Waals surface area contributed by atoms with Crippen molar-refractivity contribution in [2.75, 3.05) is 0 Å². The summed E-state index contributed by atoms with van der Waals surface area (Å²) < 4.78 is 33.6. The van der Waals surface area contributed by atoms with Gasteiger partial charge in [-0.2, -0.15) is 8.42 Å². The van der Waals surface area contributed by atoms with E-state index in [-0.39, 0.29) is 6.42 Å². The molecule has 0 aliphatic carbocycles. The van der Waals surface area contributed by atoms with Gasteiger partial charge >= 0.3 is 10.1 Å². The van der Waals surface area contributed by atoms with Crippen LogP contribution in [0.2, 0.25) is 0 Å². The molecule has 0 aromatic rings. The average molecular weight is 166 g/mol. The average Bonchev–Trinajstić information content (AvgIpc) is 1.80. The van der Waals surface area contributed by atoms with E-state index in [1.807, 2.05) is 0 Å². The molecular weight excluding hydrogens is 156 g/mol. The molecule has 0 aromatic heterocycles. The van der Waals surface area contributed by atoms with Crippen molar-refractivity contribution < 1.29 is 17.7 Å². The second-order valence-corrected chi connectivity index (χ2v) is 3.21. The smallest absolute Gasteiger partial charge is 0.303 e. The Morgan fingerprint density at radius 3 is 2.40 bits per heavy atom. The second-order valence-electron chi connectivity index (χ2n) is 1.66. The normalized spacial score (nSPS) is 14.2. The van der Waals surface area contributed by atoms with Gasteiger partial charge in [0.15, 0.2) is 0 Å². The van der Waals surface area contributed by atoms with E-state index < -0.39 is 15.6 Å². The highest BCUT2D eigenvalue weighted by atomic mass is 32.2. The van der Waals surface area contributed by atoms with Gasteiger partial charge in [0.2, 0.25) is 5.44 Å². The first-order chi connectivity index (χ1) is 4.52. The minimum absolute atomic E-state index is 0.199. The molecule has 1 atom stereocenters. The molecule has 0 bridgehead atoms. The van der Waals surface area contributed by atoms with Crippen LogP contribution in [0.3, 0.4) is 0 Å². The van der Waals surface area contributed by atoms with E-state index in [0.717, 1.165) is 6.26 Å². The fourth-order valence-electron chi connectivity index (χ4n) is 0.484. The first-order valence-corrected chi connectivity index (χ1v) is 4.25. The maximum absolute atomic E-state index is 10.3. The van der Waals surface area contributed by atoms with Crippen molar-refractivity contribution in [2.45, 2.75) is 18.8 Å². The number of rotatable bonds is 4. The van der Waals surface area contributed by atoms with E-state index >= 15 is 0 Å². The summed E-state index contributed by atoms with van der Waals surface area (Å²) in [6, 6.07) is 0. The molecule has 0 saturated heterocycles. The third-order valence-electron chi connectivity index (χ3n) is 0.914. The summed E-state index contributed by atoms with van der Waals surface area (Å²) in [5, 5.41) is 0. The van der Waals surface area contributed by atoms with Crippen molar-refractivity contribution in [3.05, 3.63) is 12.8 Å². The molecule has 0 spiro atoms. The predicted molar refractivity (Wildman–Crippen MR) is 36.9 cm³/mol. The summed E-state index contributed by atoms with van der Waals surface area (Å²) in [4.78, 5) is 0. The second kappa shape index (κ2) is 3.58. The molecule has 4 nitrogen and oxygen atoms in total. The summed E-state index contributed by atoms with van der Waals surface area (Å²) >= 11 is 0. The van der Waals surface area contributed by atoms with Crippen LogP contribution < -0.4 is 0 Å². The molecule has 0 aliphatic rings. The minimum Gasteiger partial charge on any atom is -0.480 e. The Bertz CT molecular complexity index is 194. The SMILES string of the molecule is C=COC(CC)S(=O)(=O)O. The summed E-state index contributed by atoms with van der Waals surface area (Å²) in [5.41, 5.74) is -1.18. The zero-order chi connectivity index (χ0) is 8.20. The lowest BCUT2D eigenvalue weighted by Crippen LogP contribution is -2.20. The highest BCUT2D eigenvalue weighted by molar-refractivity contribution is 7.86. The minimum atomic E-state index is -4.07. The highest BCUT2D eigenvalue weighted by Gasteiger charge is 2.20. The van der Waals surface area contributed by atoms with Gasteiger partial charge in [0.25, 0.3) is 0 Å². The molecule has 0 saturated carbocycles. The Hall–Kier alpha value is -0.550. The number of ether oxygens (including phenoxy) is 1. The molecule has 60 valence electrons. The maximum Gasteiger partial charge on any atom is 0.303 e. The van der Waals surface area contributed by atoms with Crippen LogP contribution in [-0.4, -0.2) is 18.4 Å². The van der Waals surface area contributed by atoms with Crippen molar-refractivity contribution in [1.82, 2.24) is 0 Å². The van der Waals surface area contributed by atoms with E-state index in [1.165, 1.54) is 0 Å². The van der Waals surface area contributed by atoms with Gasteiger partial charge in [-0.05, 0) is 6.42 Å². The lowest BCUT2D eigenvalue weighted by Gasteiger charge is -2.09. The van der Waals surface area contributed by atoms with Crippen molar-refractivity contribution in [2.24, 2.45) is 0 Å². The van der Waals surface area contributed by atoms with Gasteiger partial charge < -0.3 is 4.74 Å². The molecule has 5 heteroatoms. The van der Waals surface area contributed by atoms with Crippen molar-refractivity contribution >= 4 is 10.1 Å². The summed E-state index contributed by atoms with van der Waals surface area (Å²) in [5.74, 6) is 0. The quantitative estimate of drug-likeness (QED) is 0.495. The molecule has 0 radical (unpaired) electrons. The topological polar surface area (TPSA) is 63.6 Å². The first kappa shape index (κ1) is 9.45. The van der Waals surface area contributed by atoms with Crippen LogP contribution in [0.4, 0.5) is 0 Å². The number of hydrogen-bond acceptors (Lipinski definition) is 3. The Labute approximate surface area is 60.3 Å². The molecule has 0 aliphatic heterocycles. The Morgan fingerprint density at radius 1 is 1.80 bits per heavy atom. The highest BCUT2D eigenvalue weighted by Crippen LogP contribution is 2.04. The van der Waals surface area contributed by atoms with E-state index in [9.17, 15) is 8.42 Å². The van der Waals surface area contributed by atoms with E-state index in [2.05, 4.69) is 11.3 Å². The zero-order valence-electron chi connectivity index (χ0n) is 5.65. The van der Waals surface area contributed by atoms with Gasteiger partial charge in [-0.3, -0.25) is 4.55 Å². The van der Waals surface area contributed by atoms with Crippen LogP contribution in [0.5, 0.6) is 0 Å². The van der Waals surface area contributed by atoms with Crippen LogP contribution >= 0.6 is 0 Å². The number of hydrogen-bond donors (Lipinski definition) is 1. The molecule has 0 fully saturated rings. The molecule has 0 rings (SSSR count). The van der Waals surface area contributed by atoms with Gasteiger partial charge in [-0.25, -0.2) is 0 Å². The van der Waals surface area contributed by atoms with Crippen LogP contribution in [0.25, 0.3) is 0 Å². The largest absolute Gasteiger partial charge is 0.480 e. The summed E-state index contributed by atoms with van der Waals surface area (Å²) in [6.07, 6.45) is 1.19. The van der Waals surface area contributed by atoms with Crippen LogP contribution in [0, 0.1) is 0 Å². The molecule has 0 heterocycles. The van der Waals surface area contributed by atoms with Crippen LogP contribution in [-0.2, 0) is 14.9 Å². The van der Waals surface area contributed by atoms with E-state index in [1.54, 1.807) is 6.92 Å². The molecule has 10 heavy (non-hydrogen) atoms. The van der Waals surface area contributed by atoms with Crippen LogP contribution in [0.1, 0.15) is 13.3 Å². The standard InChI is InChI=1S/C5H10O4S/c1-3-5(9-4-2)10(6,7)8/h4-5H,2-3H2,1H3,(H,6,7,8). The zero-order valence-corrected chi connectivity index (χ0v) is 6.47. The Morgan fingerprint density at radius 2 is 2.30 bits per heavy atom. The van der Waals surface area contributed by atoms with Gasteiger partial charge in [0, 0.05) is 0 Å². The van der Waals surface area contributed by atoms with Gasteiger partial charge in [0.1, 0.15) is 0 Å². The lowest BCUT2D eigenvalue weighted by atomic mass is 10.5. The van der Waals surface area contributed by atoms with Gasteiger partial charge in [-0.15, -0.1) is 0 Å². The van der Waals surface area contributed by atoms with Crippen molar-refractivity contribution in [1.29, 1.82) is 0 Å². The summed E-state index contributed by atoms with van der Waals surface area (Å²) in [6.45, 7) is 4.75. The summed E-state index contributed by atoms with van der Waals surface area (Å²) in [7, 11) is -4.07. The van der Waals surface area contributed by atoms with E-state index in [4.69, 9.17) is 4.55 Å². The molecule has 1 unspecified atom stereocenters. The molecule has 0 amide bonds. The van der Waals surface area contributed by atoms with Crippen molar-refractivity contribution in [3.8, 4) is 0 Å². The van der Waals surface area contributed by atoms with Crippen molar-refractivity contribution in [3.63, 3.8) is 0 Å². The first-order valence-electron chi connectivity index (χ1n) is 2.75. The predicted octanol–water partition coefficient (Wildman–Crippen LogP) is 0.770. The lowest BCUT2D eigenvalue weighted by molar-refractivity contribution is 0.196.